The molecule has 0 amide bonds. The minimum Gasteiger partial charge on any atom is -0.320 e. The molecule has 1 saturated heterocycles. The van der Waals surface area contributed by atoms with E-state index < -0.39 is 0 Å². The van der Waals surface area contributed by atoms with Gasteiger partial charge in [-0.05, 0) is 65.4 Å². The molecule has 1 aromatic rings. The number of nitrogens with one attached hydrogen (secondary N) is 1. The summed E-state index contributed by atoms with van der Waals surface area (Å²) in [4.78, 5) is 5.69. The smallest absolute Gasteiger partial charge is 0.0416 e. The van der Waals surface area contributed by atoms with Crippen molar-refractivity contribution in [2.24, 2.45) is 0 Å². The van der Waals surface area contributed by atoms with E-state index in [4.69, 9.17) is 0 Å². The Morgan fingerprint density at radius 2 is 2.28 bits per heavy atom. The van der Waals surface area contributed by atoms with Crippen LogP contribution in [-0.2, 0) is 0 Å². The van der Waals surface area contributed by atoms with Crippen LogP contribution in [0.25, 0.3) is 0 Å². The van der Waals surface area contributed by atoms with E-state index in [1.54, 1.807) is 0 Å². The van der Waals surface area contributed by atoms with Crippen molar-refractivity contribution >= 4 is 11.3 Å². The zero-order valence-corrected chi connectivity index (χ0v) is 12.7. The van der Waals surface area contributed by atoms with E-state index in [0.29, 0.717) is 6.04 Å². The van der Waals surface area contributed by atoms with Gasteiger partial charge in [0.25, 0.3) is 0 Å². The summed E-state index contributed by atoms with van der Waals surface area (Å²) in [6.45, 7) is 6.99. The first kappa shape index (κ1) is 14.0. The molecule has 3 heteroatoms. The van der Waals surface area contributed by atoms with Gasteiger partial charge in [-0.15, -0.1) is 11.3 Å². The first-order chi connectivity index (χ1) is 8.72. The molecule has 1 N–H and O–H groups in total. The predicted octanol–water partition coefficient (Wildman–Crippen LogP) is 3.58. The molecule has 102 valence electrons. The molecule has 1 aliphatic rings. The SMILES string of the molecule is CNCCC1CCCCN1C(C)c1ccc(C)s1. The van der Waals surface area contributed by atoms with Crippen LogP contribution in [0.5, 0.6) is 0 Å². The highest BCUT2D eigenvalue weighted by molar-refractivity contribution is 7.12. The number of aryl methyl sites for hydroxylation is 1. The molecule has 1 aromatic heterocycles. The van der Waals surface area contributed by atoms with Crippen LogP contribution in [0, 0.1) is 6.92 Å². The van der Waals surface area contributed by atoms with Gasteiger partial charge in [0.05, 0.1) is 0 Å². The maximum absolute atomic E-state index is 3.29. The second-order valence-electron chi connectivity index (χ2n) is 5.40. The summed E-state index contributed by atoms with van der Waals surface area (Å²) in [6.07, 6.45) is 5.42. The molecular formula is C15H26N2S. The number of likely N-dealkylation sites (tertiary alicyclic amines) is 1. The number of piperidine rings is 1. The van der Waals surface area contributed by atoms with E-state index in [-0.39, 0.29) is 0 Å². The van der Waals surface area contributed by atoms with Crippen molar-refractivity contribution < 1.29 is 0 Å². The first-order valence-electron chi connectivity index (χ1n) is 7.19. The topological polar surface area (TPSA) is 15.3 Å². The molecule has 0 aliphatic carbocycles. The second-order valence-corrected chi connectivity index (χ2v) is 6.72. The standard InChI is InChI=1S/C15H26N2S/c1-12-7-8-15(18-12)13(2)17-11-5-4-6-14(17)9-10-16-3/h7-8,13-14,16H,4-6,9-11H2,1-3H3. The van der Waals surface area contributed by atoms with Crippen LogP contribution in [-0.4, -0.2) is 31.1 Å². The summed E-state index contributed by atoms with van der Waals surface area (Å²) in [5.74, 6) is 0. The lowest BCUT2D eigenvalue weighted by Crippen LogP contribution is -2.42. The number of hydrogen-bond donors (Lipinski definition) is 1. The lowest BCUT2D eigenvalue weighted by atomic mass is 9.97. The summed E-state index contributed by atoms with van der Waals surface area (Å²) in [5.41, 5.74) is 0. The van der Waals surface area contributed by atoms with Crippen LogP contribution in [0.2, 0.25) is 0 Å². The first-order valence-corrected chi connectivity index (χ1v) is 8.00. The average molecular weight is 266 g/mol. The Morgan fingerprint density at radius 1 is 1.44 bits per heavy atom. The van der Waals surface area contributed by atoms with Gasteiger partial charge in [-0.1, -0.05) is 6.42 Å². The van der Waals surface area contributed by atoms with Crippen molar-refractivity contribution in [1.82, 2.24) is 10.2 Å². The largest absolute Gasteiger partial charge is 0.320 e. The lowest BCUT2D eigenvalue weighted by Gasteiger charge is -2.39. The minimum atomic E-state index is 0.589. The van der Waals surface area contributed by atoms with Gasteiger partial charge in [-0.2, -0.15) is 0 Å². The number of thiophene rings is 1. The van der Waals surface area contributed by atoms with Crippen LogP contribution in [0.1, 0.15) is 48.4 Å². The third kappa shape index (κ3) is 3.34. The molecule has 0 radical (unpaired) electrons. The van der Waals surface area contributed by atoms with Gasteiger partial charge in [0.1, 0.15) is 0 Å². The second kappa shape index (κ2) is 6.69. The van der Waals surface area contributed by atoms with Crippen LogP contribution >= 0.6 is 11.3 Å². The molecule has 0 bridgehead atoms. The van der Waals surface area contributed by atoms with E-state index >= 15 is 0 Å². The zero-order valence-electron chi connectivity index (χ0n) is 11.9. The highest BCUT2D eigenvalue weighted by atomic mass is 32.1. The minimum absolute atomic E-state index is 0.589. The fourth-order valence-corrected chi connectivity index (χ4v) is 3.95. The van der Waals surface area contributed by atoms with Gasteiger partial charge < -0.3 is 5.32 Å². The molecule has 18 heavy (non-hydrogen) atoms. The van der Waals surface area contributed by atoms with Gasteiger partial charge in [0, 0.05) is 21.8 Å². The molecule has 2 atom stereocenters. The summed E-state index contributed by atoms with van der Waals surface area (Å²) in [5, 5.41) is 3.29. The molecule has 0 saturated carbocycles. The zero-order chi connectivity index (χ0) is 13.0. The van der Waals surface area contributed by atoms with Crippen molar-refractivity contribution in [3.63, 3.8) is 0 Å². The molecule has 2 rings (SSSR count). The van der Waals surface area contributed by atoms with E-state index in [9.17, 15) is 0 Å². The van der Waals surface area contributed by atoms with E-state index in [2.05, 4.69) is 43.2 Å². The summed E-state index contributed by atoms with van der Waals surface area (Å²) in [7, 11) is 2.05. The van der Waals surface area contributed by atoms with Crippen LogP contribution in [0.4, 0.5) is 0 Å². The molecule has 2 heterocycles. The summed E-state index contributed by atoms with van der Waals surface area (Å²) >= 11 is 1.96. The third-order valence-electron chi connectivity index (χ3n) is 4.07. The van der Waals surface area contributed by atoms with Crippen LogP contribution in [0.15, 0.2) is 12.1 Å². The van der Waals surface area contributed by atoms with Crippen LogP contribution < -0.4 is 5.32 Å². The molecule has 1 fully saturated rings. The average Bonchev–Trinajstić information content (AvgIpc) is 2.82. The number of nitrogens with zero attached hydrogens (tertiary/aromatic N) is 1. The Balaban J connectivity index is 2.03. The molecule has 0 aromatic carbocycles. The van der Waals surface area contributed by atoms with Gasteiger partial charge in [-0.3, -0.25) is 4.90 Å². The summed E-state index contributed by atoms with van der Waals surface area (Å²) < 4.78 is 0. The van der Waals surface area contributed by atoms with Gasteiger partial charge in [0.2, 0.25) is 0 Å². The van der Waals surface area contributed by atoms with Crippen molar-refractivity contribution in [3.05, 3.63) is 21.9 Å². The number of hydrogen-bond acceptors (Lipinski definition) is 3. The Morgan fingerprint density at radius 3 is 2.94 bits per heavy atom. The van der Waals surface area contributed by atoms with Gasteiger partial charge in [0.15, 0.2) is 0 Å². The molecule has 0 spiro atoms. The molecule has 2 nitrogen and oxygen atoms in total. The maximum Gasteiger partial charge on any atom is 0.0416 e. The lowest BCUT2D eigenvalue weighted by molar-refractivity contribution is 0.0988. The van der Waals surface area contributed by atoms with Gasteiger partial charge in [-0.25, -0.2) is 0 Å². The Bertz CT molecular complexity index is 361. The highest BCUT2D eigenvalue weighted by Gasteiger charge is 2.27. The van der Waals surface area contributed by atoms with Crippen molar-refractivity contribution in [2.45, 2.75) is 51.6 Å². The molecule has 1 aliphatic heterocycles. The quantitative estimate of drug-likeness (QED) is 0.876. The van der Waals surface area contributed by atoms with Crippen molar-refractivity contribution in [3.8, 4) is 0 Å². The van der Waals surface area contributed by atoms with E-state index in [0.717, 1.165) is 12.6 Å². The maximum atomic E-state index is 3.29. The van der Waals surface area contributed by atoms with Crippen molar-refractivity contribution in [2.75, 3.05) is 20.1 Å². The fraction of sp³-hybridized carbons (Fsp3) is 0.733. The monoisotopic (exact) mass is 266 g/mol. The van der Waals surface area contributed by atoms with Crippen LogP contribution in [0.3, 0.4) is 0 Å². The molecular weight excluding hydrogens is 240 g/mol. The Labute approximate surface area is 115 Å². The fourth-order valence-electron chi connectivity index (χ4n) is 3.00. The highest BCUT2D eigenvalue weighted by Crippen LogP contribution is 2.32. The Kier molecular flexibility index (Phi) is 5.22. The normalized spacial score (nSPS) is 23.2. The molecule has 2 unspecified atom stereocenters. The predicted molar refractivity (Wildman–Crippen MR) is 80.4 cm³/mol. The number of rotatable bonds is 5. The van der Waals surface area contributed by atoms with Crippen molar-refractivity contribution in [1.29, 1.82) is 0 Å². The van der Waals surface area contributed by atoms with E-state index in [1.807, 2.05) is 11.3 Å². The third-order valence-corrected chi connectivity index (χ3v) is 5.24. The Hall–Kier alpha value is -0.380. The van der Waals surface area contributed by atoms with E-state index in [1.165, 1.54) is 42.0 Å². The van der Waals surface area contributed by atoms with Gasteiger partial charge >= 0.3 is 0 Å². The summed E-state index contributed by atoms with van der Waals surface area (Å²) in [6, 6.07) is 5.92.